The van der Waals surface area contributed by atoms with Crippen molar-refractivity contribution in [2.45, 2.75) is 12.2 Å². The lowest BCUT2D eigenvalue weighted by Gasteiger charge is -2.34. The maximum Gasteiger partial charge on any atom is 0.213 e. The van der Waals surface area contributed by atoms with Crippen LogP contribution < -0.4 is 11.5 Å². The summed E-state index contributed by atoms with van der Waals surface area (Å²) in [5.74, 6) is -0.870. The van der Waals surface area contributed by atoms with E-state index in [-0.39, 0.29) is 0 Å². The Bertz CT molecular complexity index is 485. The van der Waals surface area contributed by atoms with Crippen LogP contribution in [0.15, 0.2) is 42.1 Å². The number of ether oxygens (including phenoxy) is 2. The lowest BCUT2D eigenvalue weighted by atomic mass is 9.91. The van der Waals surface area contributed by atoms with Crippen molar-refractivity contribution in [2.24, 2.45) is 5.73 Å². The monoisotopic (exact) mass is 246 g/mol. The molecule has 0 unspecified atom stereocenters. The van der Waals surface area contributed by atoms with Gasteiger partial charge in [-0.1, -0.05) is 18.2 Å². The second-order valence-electron chi connectivity index (χ2n) is 4.27. The molecule has 0 radical (unpaired) electrons. The minimum atomic E-state index is -0.870. The lowest BCUT2D eigenvalue weighted by molar-refractivity contribution is -0.175. The average molecular weight is 246 g/mol. The Balaban J connectivity index is 2.34. The van der Waals surface area contributed by atoms with Gasteiger partial charge >= 0.3 is 0 Å². The van der Waals surface area contributed by atoms with Crippen molar-refractivity contribution in [1.29, 1.82) is 0 Å². The van der Waals surface area contributed by atoms with E-state index in [4.69, 9.17) is 20.9 Å². The van der Waals surface area contributed by atoms with Gasteiger partial charge in [-0.2, -0.15) is 0 Å². The number of allylic oxidation sites excluding steroid dienone is 2. The van der Waals surface area contributed by atoms with Gasteiger partial charge in [0.15, 0.2) is 0 Å². The van der Waals surface area contributed by atoms with E-state index in [1.165, 1.54) is 0 Å². The molecule has 4 nitrogen and oxygen atoms in total. The molecule has 0 aromatic heterocycles. The zero-order valence-electron chi connectivity index (χ0n) is 10.6. The standard InChI is InChI=1S/C14H18N2O2/c1-17-14(18-2)9-11(5-8-13(14)16)10-3-6-12(15)7-4-10/h3-8H,9,15-16H2,1-2H3. The third kappa shape index (κ3) is 2.12. The van der Waals surface area contributed by atoms with E-state index < -0.39 is 5.79 Å². The fourth-order valence-corrected chi connectivity index (χ4v) is 2.09. The highest BCUT2D eigenvalue weighted by molar-refractivity contribution is 5.71. The SMILES string of the molecule is COC1(OC)CC(c2ccc(N)cc2)=CC=C1N. The molecule has 0 heterocycles. The van der Waals surface area contributed by atoms with Crippen LogP contribution in [0, 0.1) is 0 Å². The largest absolute Gasteiger partial charge is 0.399 e. The molecule has 0 saturated carbocycles. The van der Waals surface area contributed by atoms with Crippen molar-refractivity contribution in [1.82, 2.24) is 0 Å². The van der Waals surface area contributed by atoms with Crippen LogP contribution in [-0.2, 0) is 9.47 Å². The molecule has 1 aliphatic carbocycles. The first kappa shape index (κ1) is 12.7. The van der Waals surface area contributed by atoms with Gasteiger partial charge < -0.3 is 20.9 Å². The highest BCUT2D eigenvalue weighted by Gasteiger charge is 2.36. The normalized spacial score (nSPS) is 18.1. The summed E-state index contributed by atoms with van der Waals surface area (Å²) in [5, 5.41) is 0. The van der Waals surface area contributed by atoms with E-state index in [1.807, 2.05) is 36.4 Å². The third-order valence-electron chi connectivity index (χ3n) is 3.27. The summed E-state index contributed by atoms with van der Waals surface area (Å²) in [6, 6.07) is 7.71. The Morgan fingerprint density at radius 1 is 1.00 bits per heavy atom. The molecule has 0 bridgehead atoms. The molecule has 96 valence electrons. The average Bonchev–Trinajstić information content (AvgIpc) is 2.41. The first-order valence-corrected chi connectivity index (χ1v) is 5.74. The molecule has 0 fully saturated rings. The van der Waals surface area contributed by atoms with Gasteiger partial charge in [-0.3, -0.25) is 0 Å². The molecule has 1 aromatic rings. The van der Waals surface area contributed by atoms with Crippen LogP contribution in [0.1, 0.15) is 12.0 Å². The zero-order chi connectivity index (χ0) is 13.2. The molecule has 0 atom stereocenters. The van der Waals surface area contributed by atoms with Gasteiger partial charge in [-0.25, -0.2) is 0 Å². The van der Waals surface area contributed by atoms with Crippen molar-refractivity contribution in [2.75, 3.05) is 20.0 Å². The molecule has 0 amide bonds. The number of hydrogen-bond donors (Lipinski definition) is 2. The first-order valence-electron chi connectivity index (χ1n) is 5.74. The Kier molecular flexibility index (Phi) is 3.41. The highest BCUT2D eigenvalue weighted by atomic mass is 16.7. The number of nitrogen functional groups attached to an aromatic ring is 1. The summed E-state index contributed by atoms with van der Waals surface area (Å²) in [7, 11) is 3.19. The summed E-state index contributed by atoms with van der Waals surface area (Å²) in [6.45, 7) is 0. The van der Waals surface area contributed by atoms with Gasteiger partial charge in [0.2, 0.25) is 5.79 Å². The fourth-order valence-electron chi connectivity index (χ4n) is 2.09. The predicted molar refractivity (Wildman–Crippen MR) is 72.5 cm³/mol. The molecule has 4 heteroatoms. The Morgan fingerprint density at radius 2 is 1.61 bits per heavy atom. The minimum Gasteiger partial charge on any atom is -0.399 e. The van der Waals surface area contributed by atoms with Crippen molar-refractivity contribution in [3.8, 4) is 0 Å². The highest BCUT2D eigenvalue weighted by Crippen LogP contribution is 2.35. The Labute approximate surface area is 107 Å². The van der Waals surface area contributed by atoms with Gasteiger partial charge in [0.05, 0.1) is 5.70 Å². The van der Waals surface area contributed by atoms with Crippen LogP contribution in [-0.4, -0.2) is 20.0 Å². The Morgan fingerprint density at radius 3 is 2.17 bits per heavy atom. The zero-order valence-corrected chi connectivity index (χ0v) is 10.6. The second-order valence-corrected chi connectivity index (χ2v) is 4.27. The summed E-state index contributed by atoms with van der Waals surface area (Å²) in [5.41, 5.74) is 15.1. The van der Waals surface area contributed by atoms with E-state index in [2.05, 4.69) is 0 Å². The maximum absolute atomic E-state index is 5.95. The molecule has 2 rings (SSSR count). The number of methoxy groups -OCH3 is 2. The smallest absolute Gasteiger partial charge is 0.213 e. The van der Waals surface area contributed by atoms with Crippen LogP contribution in [0.3, 0.4) is 0 Å². The van der Waals surface area contributed by atoms with Crippen LogP contribution in [0.5, 0.6) is 0 Å². The van der Waals surface area contributed by atoms with Crippen molar-refractivity contribution >= 4 is 11.3 Å². The van der Waals surface area contributed by atoms with E-state index >= 15 is 0 Å². The topological polar surface area (TPSA) is 70.5 Å². The number of rotatable bonds is 3. The number of hydrogen-bond acceptors (Lipinski definition) is 4. The van der Waals surface area contributed by atoms with Crippen molar-refractivity contribution in [3.63, 3.8) is 0 Å². The quantitative estimate of drug-likeness (QED) is 0.631. The van der Waals surface area contributed by atoms with Gasteiger partial charge in [0.25, 0.3) is 0 Å². The van der Waals surface area contributed by atoms with Crippen LogP contribution in [0.4, 0.5) is 5.69 Å². The Hall–Kier alpha value is -1.78. The van der Waals surface area contributed by atoms with Crippen molar-refractivity contribution in [3.05, 3.63) is 47.7 Å². The molecule has 0 aliphatic heterocycles. The third-order valence-corrected chi connectivity index (χ3v) is 3.27. The van der Waals surface area contributed by atoms with E-state index in [9.17, 15) is 0 Å². The minimum absolute atomic E-state index is 0.576. The molecule has 0 saturated heterocycles. The lowest BCUT2D eigenvalue weighted by Crippen LogP contribution is -2.41. The maximum atomic E-state index is 5.95. The molecular weight excluding hydrogens is 228 g/mol. The second kappa shape index (κ2) is 4.84. The summed E-state index contributed by atoms with van der Waals surface area (Å²) in [4.78, 5) is 0. The molecule has 0 spiro atoms. The fraction of sp³-hybridized carbons (Fsp3) is 0.286. The number of nitrogens with two attached hydrogens (primary N) is 2. The molecule has 1 aromatic carbocycles. The van der Waals surface area contributed by atoms with Gasteiger partial charge in [0.1, 0.15) is 0 Å². The summed E-state index contributed by atoms with van der Waals surface area (Å²) < 4.78 is 10.9. The van der Waals surface area contributed by atoms with E-state index in [0.717, 1.165) is 16.8 Å². The van der Waals surface area contributed by atoms with Gasteiger partial charge in [-0.15, -0.1) is 0 Å². The van der Waals surface area contributed by atoms with Gasteiger partial charge in [-0.05, 0) is 29.3 Å². The number of anilines is 1. The number of benzene rings is 1. The summed E-state index contributed by atoms with van der Waals surface area (Å²) in [6.07, 6.45) is 4.38. The van der Waals surface area contributed by atoms with Crippen molar-refractivity contribution < 1.29 is 9.47 Å². The summed E-state index contributed by atoms with van der Waals surface area (Å²) >= 11 is 0. The van der Waals surface area contributed by atoms with E-state index in [1.54, 1.807) is 14.2 Å². The molecule has 1 aliphatic rings. The predicted octanol–water partition coefficient (Wildman–Crippen LogP) is 1.89. The van der Waals surface area contributed by atoms with Crippen LogP contribution >= 0.6 is 0 Å². The van der Waals surface area contributed by atoms with Gasteiger partial charge in [0, 0.05) is 26.3 Å². The van der Waals surface area contributed by atoms with Crippen LogP contribution in [0.25, 0.3) is 5.57 Å². The molecule has 4 N–H and O–H groups in total. The van der Waals surface area contributed by atoms with Crippen LogP contribution in [0.2, 0.25) is 0 Å². The van der Waals surface area contributed by atoms with E-state index in [0.29, 0.717) is 12.1 Å². The first-order chi connectivity index (χ1) is 8.61. The molecule has 18 heavy (non-hydrogen) atoms. The molecular formula is C14H18N2O2.